The minimum Gasteiger partial charge on any atom is -0.462 e. The van der Waals surface area contributed by atoms with Crippen LogP contribution in [-0.4, -0.2) is 48.4 Å². The van der Waals surface area contributed by atoms with Gasteiger partial charge >= 0.3 is 11.9 Å². The van der Waals surface area contributed by atoms with Crippen molar-refractivity contribution < 1.29 is 33.5 Å². The molecule has 0 heterocycles. The maximum absolute atomic E-state index is 11.9. The first kappa shape index (κ1) is 22.0. The van der Waals surface area contributed by atoms with Crippen molar-refractivity contribution in [2.75, 3.05) is 13.2 Å². The van der Waals surface area contributed by atoms with Crippen LogP contribution in [0.5, 0.6) is 0 Å². The Labute approximate surface area is 153 Å². The number of rotatable bonds is 10. The Balaban J connectivity index is 2.40. The molecule has 1 aliphatic rings. The van der Waals surface area contributed by atoms with E-state index in [0.29, 0.717) is 0 Å². The molecule has 0 unspecified atom stereocenters. The van der Waals surface area contributed by atoms with Gasteiger partial charge in [0.1, 0.15) is 0 Å². The van der Waals surface area contributed by atoms with Crippen LogP contribution >= 0.6 is 0 Å². The van der Waals surface area contributed by atoms with Crippen molar-refractivity contribution >= 4 is 23.5 Å². The maximum Gasteiger partial charge on any atom is 0.330 e. The third kappa shape index (κ3) is 7.45. The minimum absolute atomic E-state index is 0.0857. The maximum atomic E-state index is 11.9. The fraction of sp³-hybridized carbons (Fsp3) is 0.667. The van der Waals surface area contributed by atoms with Crippen LogP contribution in [0.15, 0.2) is 12.7 Å². The van der Waals surface area contributed by atoms with Gasteiger partial charge in [0.15, 0.2) is 17.6 Å². The van der Waals surface area contributed by atoms with E-state index in [-0.39, 0.29) is 44.0 Å². The van der Waals surface area contributed by atoms with Crippen LogP contribution in [0.1, 0.15) is 47.0 Å². The molecular weight excluding hydrogens is 342 g/mol. The van der Waals surface area contributed by atoms with Crippen LogP contribution in [0.25, 0.3) is 0 Å². The van der Waals surface area contributed by atoms with Crippen molar-refractivity contribution in [3.8, 4) is 0 Å². The molecule has 0 atom stereocenters. The van der Waals surface area contributed by atoms with Crippen LogP contribution in [0.4, 0.5) is 0 Å². The SMILES string of the molecule is C=CC(=O)OCC(C)(C)COC(C)(C)CC(=O)ONC1C(=O)CCC1=O. The molecule has 8 heteroatoms. The quantitative estimate of drug-likeness (QED) is 0.265. The van der Waals surface area contributed by atoms with E-state index < -0.39 is 29.0 Å². The summed E-state index contributed by atoms with van der Waals surface area (Å²) in [5, 5.41) is 0. The highest BCUT2D eigenvalue weighted by Crippen LogP contribution is 2.23. The van der Waals surface area contributed by atoms with Gasteiger partial charge in [0.2, 0.25) is 0 Å². The number of nitrogens with one attached hydrogen (secondary N) is 1. The summed E-state index contributed by atoms with van der Waals surface area (Å²) in [7, 11) is 0. The number of hydrogen-bond donors (Lipinski definition) is 1. The lowest BCUT2D eigenvalue weighted by molar-refractivity contribution is -0.162. The molecule has 0 aliphatic heterocycles. The molecule has 0 aromatic carbocycles. The summed E-state index contributed by atoms with van der Waals surface area (Å²) in [5.41, 5.74) is 0.941. The van der Waals surface area contributed by atoms with Gasteiger partial charge in [0.05, 0.1) is 25.2 Å². The normalized spacial score (nSPS) is 15.8. The number of carbonyl (C=O) groups excluding carboxylic acids is 4. The van der Waals surface area contributed by atoms with Crippen LogP contribution in [-0.2, 0) is 33.5 Å². The van der Waals surface area contributed by atoms with Crippen molar-refractivity contribution in [3.05, 3.63) is 12.7 Å². The second-order valence-corrected chi connectivity index (χ2v) is 7.66. The van der Waals surface area contributed by atoms with Gasteiger partial charge in [-0.2, -0.15) is 0 Å². The van der Waals surface area contributed by atoms with Crippen molar-refractivity contribution in [2.45, 2.75) is 58.6 Å². The highest BCUT2D eigenvalue weighted by molar-refractivity contribution is 6.12. The van der Waals surface area contributed by atoms with Crippen LogP contribution in [0.2, 0.25) is 0 Å². The predicted molar refractivity (Wildman–Crippen MR) is 91.8 cm³/mol. The molecule has 1 N–H and O–H groups in total. The van der Waals surface area contributed by atoms with Crippen molar-refractivity contribution in [2.24, 2.45) is 5.41 Å². The number of carbonyl (C=O) groups is 4. The molecule has 26 heavy (non-hydrogen) atoms. The van der Waals surface area contributed by atoms with Gasteiger partial charge < -0.3 is 14.3 Å². The average Bonchev–Trinajstić information content (AvgIpc) is 2.87. The number of ether oxygens (including phenoxy) is 2. The summed E-state index contributed by atoms with van der Waals surface area (Å²) in [6.45, 7) is 10.9. The summed E-state index contributed by atoms with van der Waals surface area (Å²) < 4.78 is 10.8. The molecule has 0 aromatic heterocycles. The summed E-state index contributed by atoms with van der Waals surface area (Å²) in [4.78, 5) is 50.9. The minimum atomic E-state index is -1.07. The fourth-order valence-corrected chi connectivity index (χ4v) is 2.16. The van der Waals surface area contributed by atoms with E-state index in [0.717, 1.165) is 6.08 Å². The molecule has 0 radical (unpaired) electrons. The van der Waals surface area contributed by atoms with Crippen LogP contribution < -0.4 is 5.48 Å². The molecule has 0 bridgehead atoms. The third-order valence-electron chi connectivity index (χ3n) is 3.75. The van der Waals surface area contributed by atoms with E-state index in [1.165, 1.54) is 0 Å². The summed E-state index contributed by atoms with van der Waals surface area (Å²) in [6, 6.07) is -1.07. The van der Waals surface area contributed by atoms with Gasteiger partial charge in [0, 0.05) is 24.3 Å². The fourth-order valence-electron chi connectivity index (χ4n) is 2.16. The summed E-state index contributed by atoms with van der Waals surface area (Å²) in [6.07, 6.45) is 1.32. The molecule has 0 amide bonds. The topological polar surface area (TPSA) is 108 Å². The molecular formula is C18H27NO7. The molecule has 1 fully saturated rings. The van der Waals surface area contributed by atoms with Gasteiger partial charge in [-0.25, -0.2) is 4.79 Å². The number of esters is 1. The van der Waals surface area contributed by atoms with Gasteiger partial charge in [-0.3, -0.25) is 14.4 Å². The van der Waals surface area contributed by atoms with E-state index in [9.17, 15) is 19.2 Å². The van der Waals surface area contributed by atoms with Crippen LogP contribution in [0.3, 0.4) is 0 Å². The Morgan fingerprint density at radius 2 is 1.73 bits per heavy atom. The highest BCUT2D eigenvalue weighted by atomic mass is 16.7. The van der Waals surface area contributed by atoms with E-state index in [4.69, 9.17) is 14.3 Å². The van der Waals surface area contributed by atoms with Crippen LogP contribution in [0, 0.1) is 5.41 Å². The van der Waals surface area contributed by atoms with Gasteiger partial charge in [-0.05, 0) is 13.8 Å². The third-order valence-corrected chi connectivity index (χ3v) is 3.75. The zero-order valence-electron chi connectivity index (χ0n) is 15.8. The first-order valence-corrected chi connectivity index (χ1v) is 8.39. The van der Waals surface area contributed by atoms with Crippen molar-refractivity contribution in [1.82, 2.24) is 5.48 Å². The second kappa shape index (κ2) is 9.05. The zero-order chi connectivity index (χ0) is 20.0. The van der Waals surface area contributed by atoms with Gasteiger partial charge in [0.25, 0.3) is 0 Å². The highest BCUT2D eigenvalue weighted by Gasteiger charge is 2.35. The molecule has 1 rings (SSSR count). The van der Waals surface area contributed by atoms with Gasteiger partial charge in [-0.1, -0.05) is 20.4 Å². The van der Waals surface area contributed by atoms with Gasteiger partial charge in [-0.15, -0.1) is 5.48 Å². The first-order chi connectivity index (χ1) is 12.0. The van der Waals surface area contributed by atoms with E-state index in [2.05, 4.69) is 12.1 Å². The largest absolute Gasteiger partial charge is 0.462 e. The Bertz CT molecular complexity index is 564. The van der Waals surface area contributed by atoms with E-state index in [1.54, 1.807) is 13.8 Å². The molecule has 146 valence electrons. The number of hydroxylamine groups is 1. The summed E-state index contributed by atoms with van der Waals surface area (Å²) >= 11 is 0. The number of Topliss-reactive ketones (excluding diaryl/α,β-unsaturated/α-hetero) is 2. The lowest BCUT2D eigenvalue weighted by atomic mass is 9.95. The van der Waals surface area contributed by atoms with Crippen molar-refractivity contribution in [1.29, 1.82) is 0 Å². The Hall–Kier alpha value is -2.06. The molecule has 0 spiro atoms. The lowest BCUT2D eigenvalue weighted by Crippen LogP contribution is -2.41. The molecule has 0 aromatic rings. The smallest absolute Gasteiger partial charge is 0.330 e. The molecule has 1 saturated carbocycles. The molecule has 8 nitrogen and oxygen atoms in total. The second-order valence-electron chi connectivity index (χ2n) is 7.66. The zero-order valence-corrected chi connectivity index (χ0v) is 15.8. The van der Waals surface area contributed by atoms with E-state index in [1.807, 2.05) is 13.8 Å². The Morgan fingerprint density at radius 3 is 2.27 bits per heavy atom. The average molecular weight is 369 g/mol. The first-order valence-electron chi connectivity index (χ1n) is 8.39. The monoisotopic (exact) mass is 369 g/mol. The molecule has 1 aliphatic carbocycles. The Kier molecular flexibility index (Phi) is 7.65. The number of ketones is 2. The van der Waals surface area contributed by atoms with E-state index >= 15 is 0 Å². The predicted octanol–water partition coefficient (Wildman–Crippen LogP) is 1.28. The Morgan fingerprint density at radius 1 is 1.15 bits per heavy atom. The standard InChI is InChI=1S/C18H27NO7/c1-6-14(22)24-10-17(2,3)11-25-18(4,5)9-15(23)26-19-16-12(20)7-8-13(16)21/h6,16,19H,1,7-11H2,2-5H3. The number of hydrogen-bond acceptors (Lipinski definition) is 8. The lowest BCUT2D eigenvalue weighted by Gasteiger charge is -2.31. The summed E-state index contributed by atoms with van der Waals surface area (Å²) in [5.74, 6) is -1.72. The van der Waals surface area contributed by atoms with Crippen molar-refractivity contribution in [3.63, 3.8) is 0 Å². The molecule has 0 saturated heterocycles.